The van der Waals surface area contributed by atoms with Crippen LogP contribution in [0.4, 0.5) is 0 Å². The minimum absolute atomic E-state index is 0.0941. The summed E-state index contributed by atoms with van der Waals surface area (Å²) in [5, 5.41) is 0. The van der Waals surface area contributed by atoms with Crippen molar-refractivity contribution in [1.29, 1.82) is 0 Å². The van der Waals surface area contributed by atoms with E-state index in [1.165, 1.54) is 84.9 Å². The van der Waals surface area contributed by atoms with E-state index < -0.39 is 63.2 Å². The zero-order valence-electron chi connectivity index (χ0n) is 40.2. The maximum Gasteiger partial charge on any atom is 0.316 e. The van der Waals surface area contributed by atoms with E-state index >= 15 is 0 Å². The van der Waals surface area contributed by atoms with E-state index in [-0.39, 0.29) is 66.4 Å². The number of hydrogen-bond donors (Lipinski definition) is 4. The minimum Gasteiger partial charge on any atom is -0.426 e. The highest BCUT2D eigenvalue weighted by atomic mass is 32.2. The lowest BCUT2D eigenvalue weighted by Gasteiger charge is -2.20. The van der Waals surface area contributed by atoms with E-state index in [1.807, 2.05) is 27.7 Å². The van der Waals surface area contributed by atoms with Gasteiger partial charge in [0.05, 0.1) is 42.2 Å². The van der Waals surface area contributed by atoms with Gasteiger partial charge in [0.1, 0.15) is 23.0 Å². The van der Waals surface area contributed by atoms with Gasteiger partial charge in [-0.25, -0.2) is 0 Å². The van der Waals surface area contributed by atoms with Crippen molar-refractivity contribution in [1.82, 2.24) is 0 Å². The molecule has 24 heteroatoms. The molecular weight excluding hydrogens is 1000 g/mol. The lowest BCUT2D eigenvalue weighted by Crippen LogP contribution is -2.28. The van der Waals surface area contributed by atoms with Crippen molar-refractivity contribution in [3.63, 3.8) is 0 Å². The van der Waals surface area contributed by atoms with Crippen LogP contribution in [-0.2, 0) is 59.7 Å². The Morgan fingerprint density at radius 3 is 0.986 bits per heavy atom. The van der Waals surface area contributed by atoms with Crippen molar-refractivity contribution >= 4 is 64.3 Å². The fourth-order valence-electron chi connectivity index (χ4n) is 4.30. The van der Waals surface area contributed by atoms with Crippen molar-refractivity contribution in [2.45, 2.75) is 115 Å². The van der Waals surface area contributed by atoms with Crippen LogP contribution in [0.3, 0.4) is 0 Å². The highest BCUT2D eigenvalue weighted by Gasteiger charge is 2.29. The van der Waals surface area contributed by atoms with Crippen LogP contribution in [-0.4, -0.2) is 75.8 Å². The monoisotopic (exact) mass is 1060 g/mol. The Hall–Kier alpha value is -5.60. The van der Waals surface area contributed by atoms with Crippen molar-refractivity contribution < 1.29 is 90.0 Å². The predicted molar refractivity (Wildman–Crippen MR) is 255 cm³/mol. The van der Waals surface area contributed by atoms with Gasteiger partial charge >= 0.3 is 23.9 Å². The summed E-state index contributed by atoms with van der Waals surface area (Å²) < 4.78 is 142. The van der Waals surface area contributed by atoms with Gasteiger partial charge in [-0.3, -0.25) is 37.4 Å². The molecule has 0 saturated heterocycles. The molecule has 20 nitrogen and oxygen atoms in total. The van der Waals surface area contributed by atoms with E-state index in [0.717, 1.165) is 12.1 Å². The molecule has 4 aromatic rings. The minimum atomic E-state index is -4.29. The maximum atomic E-state index is 11.8. The molecule has 2 unspecified atom stereocenters. The molecule has 0 heterocycles. The molecule has 4 aromatic carbocycles. The molecule has 0 spiro atoms. The van der Waals surface area contributed by atoms with Gasteiger partial charge in [-0.05, 0) is 126 Å². The van der Waals surface area contributed by atoms with Crippen LogP contribution in [0.25, 0.3) is 0 Å². The Bertz CT molecular complexity index is 2860. The number of benzene rings is 4. The second kappa shape index (κ2) is 26.6. The number of carbonyl (C=O) groups is 4. The maximum absolute atomic E-state index is 11.8. The number of ether oxygens (including phenoxy) is 4. The molecule has 4 rings (SSSR count). The van der Waals surface area contributed by atoms with Crippen molar-refractivity contribution in [3.8, 4) is 23.0 Å². The molecule has 0 aliphatic heterocycles. The summed E-state index contributed by atoms with van der Waals surface area (Å²) in [6.07, 6.45) is 2.54. The van der Waals surface area contributed by atoms with E-state index in [0.29, 0.717) is 25.7 Å². The SMILES string of the molecule is CCC(C)(C)C(=O)Oc1ccc(S(=O)(=O)O)cc1.CCC(C)(C)C(=O)Oc1cccc(S(=O)(=O)O)c1.CCC(C)C(=O)Oc1ccc(S(=O)(=O)O)cc1.CCC(C)C(=O)Oc1cccc(S(=O)(=O)O)c1. The Labute approximate surface area is 409 Å². The fourth-order valence-corrected chi connectivity index (χ4v) is 6.29. The van der Waals surface area contributed by atoms with Crippen molar-refractivity contribution in [2.24, 2.45) is 22.7 Å². The summed E-state index contributed by atoms with van der Waals surface area (Å²) in [5.41, 5.74) is -1.24. The van der Waals surface area contributed by atoms with Crippen LogP contribution in [0.5, 0.6) is 23.0 Å². The first-order valence-electron chi connectivity index (χ1n) is 21.2. The Balaban J connectivity index is 0.000000467. The third kappa shape index (κ3) is 21.6. The first-order valence-corrected chi connectivity index (χ1v) is 27.0. The van der Waals surface area contributed by atoms with Crippen LogP contribution in [0.2, 0.25) is 0 Å². The third-order valence-corrected chi connectivity index (χ3v) is 13.6. The molecule has 0 aromatic heterocycles. The largest absolute Gasteiger partial charge is 0.426 e. The van der Waals surface area contributed by atoms with Gasteiger partial charge in [0.2, 0.25) is 0 Å². The smallest absolute Gasteiger partial charge is 0.316 e. The molecule has 0 amide bonds. The highest BCUT2D eigenvalue weighted by molar-refractivity contribution is 7.86. The summed E-state index contributed by atoms with van der Waals surface area (Å²) >= 11 is 0. The molecule has 70 heavy (non-hydrogen) atoms. The number of rotatable bonds is 16. The van der Waals surface area contributed by atoms with Crippen LogP contribution in [0.15, 0.2) is 117 Å². The quantitative estimate of drug-likeness (QED) is 0.0465. The lowest BCUT2D eigenvalue weighted by molar-refractivity contribution is -0.144. The first kappa shape index (κ1) is 62.4. The Morgan fingerprint density at radius 2 is 0.700 bits per heavy atom. The summed E-state index contributed by atoms with van der Waals surface area (Å²) in [6.45, 7) is 17.9. The van der Waals surface area contributed by atoms with Gasteiger partial charge in [0, 0.05) is 12.1 Å². The van der Waals surface area contributed by atoms with Crippen LogP contribution in [0.1, 0.15) is 94.9 Å². The summed E-state index contributed by atoms with van der Waals surface area (Å²) in [7, 11) is -17.0. The predicted octanol–water partition coefficient (Wildman–Crippen LogP) is 8.32. The second-order valence-electron chi connectivity index (χ2n) is 16.5. The molecule has 2 atom stereocenters. The van der Waals surface area contributed by atoms with E-state index in [1.54, 1.807) is 41.5 Å². The van der Waals surface area contributed by atoms with Gasteiger partial charge < -0.3 is 18.9 Å². The van der Waals surface area contributed by atoms with Gasteiger partial charge in [0.15, 0.2) is 0 Å². The van der Waals surface area contributed by atoms with E-state index in [9.17, 15) is 52.8 Å². The Kier molecular flexibility index (Phi) is 23.7. The zero-order chi connectivity index (χ0) is 54.1. The van der Waals surface area contributed by atoms with Crippen LogP contribution < -0.4 is 18.9 Å². The third-order valence-electron chi connectivity index (χ3n) is 10.2. The summed E-state index contributed by atoms with van der Waals surface area (Å²) in [6, 6.07) is 20.4. The highest BCUT2D eigenvalue weighted by Crippen LogP contribution is 2.26. The Morgan fingerprint density at radius 1 is 0.429 bits per heavy atom. The number of esters is 4. The lowest BCUT2D eigenvalue weighted by atomic mass is 9.91. The fraction of sp³-hybridized carbons (Fsp3) is 0.391. The molecule has 0 radical (unpaired) electrons. The standard InChI is InChI=1S/2C12H16O5S.2C11H14O5S/c1-4-12(2,3)11(13)17-9-5-7-10(8-6-9)18(14,15)16;1-4-12(2,3)11(13)17-9-6-5-7-10(8-9)18(14,15)16;1-3-8(2)11(12)16-9-4-6-10(7-5-9)17(13,14)15;1-3-8(2)11(12)16-9-5-4-6-10(7-9)17(13,14)15/h2*5-8H,4H2,1-3H3,(H,14,15,16);2*4-8H,3H2,1-2H3,(H,13,14,15). The number of hydrogen-bond acceptors (Lipinski definition) is 16. The summed E-state index contributed by atoms with van der Waals surface area (Å²) in [4.78, 5) is 45.4. The average Bonchev–Trinajstić information content (AvgIpc) is 3.28. The van der Waals surface area contributed by atoms with Crippen LogP contribution in [0, 0.1) is 22.7 Å². The van der Waals surface area contributed by atoms with E-state index in [4.69, 9.17) is 37.2 Å². The second-order valence-corrected chi connectivity index (χ2v) is 22.2. The van der Waals surface area contributed by atoms with Gasteiger partial charge in [-0.1, -0.05) is 53.7 Å². The molecule has 0 aliphatic carbocycles. The molecular formula is C46H60O20S4. The average molecular weight is 1060 g/mol. The van der Waals surface area contributed by atoms with Crippen molar-refractivity contribution in [2.75, 3.05) is 0 Å². The molecule has 0 bridgehead atoms. The molecule has 4 N–H and O–H groups in total. The molecule has 0 saturated carbocycles. The first-order chi connectivity index (χ1) is 32.0. The molecule has 0 fully saturated rings. The van der Waals surface area contributed by atoms with E-state index in [2.05, 4.69) is 0 Å². The number of carbonyl (C=O) groups excluding carboxylic acids is 4. The van der Waals surface area contributed by atoms with Gasteiger partial charge in [-0.15, -0.1) is 0 Å². The zero-order valence-corrected chi connectivity index (χ0v) is 43.4. The molecule has 0 aliphatic rings. The van der Waals surface area contributed by atoms with Gasteiger partial charge in [-0.2, -0.15) is 33.7 Å². The summed E-state index contributed by atoms with van der Waals surface area (Å²) in [5.74, 6) is -1.41. The van der Waals surface area contributed by atoms with Crippen molar-refractivity contribution in [3.05, 3.63) is 97.1 Å². The molecule has 388 valence electrons. The van der Waals surface area contributed by atoms with Crippen LogP contribution >= 0.6 is 0 Å². The topological polar surface area (TPSA) is 323 Å². The normalized spacial score (nSPS) is 12.7. The van der Waals surface area contributed by atoms with Gasteiger partial charge in [0.25, 0.3) is 40.5 Å².